The van der Waals surface area contributed by atoms with Crippen molar-refractivity contribution in [3.63, 3.8) is 0 Å². The molecule has 1 saturated carbocycles. The molecule has 0 radical (unpaired) electrons. The predicted octanol–water partition coefficient (Wildman–Crippen LogP) is 2.75. The van der Waals surface area contributed by atoms with Crippen molar-refractivity contribution >= 4 is 23.8 Å². The molecule has 0 bridgehead atoms. The van der Waals surface area contributed by atoms with Gasteiger partial charge in [0.2, 0.25) is 5.16 Å². The monoisotopic (exact) mass is 428 g/mol. The van der Waals surface area contributed by atoms with Crippen LogP contribution in [0.15, 0.2) is 46.8 Å². The molecule has 9 nitrogen and oxygen atoms in total. The number of carbonyl (C=O) groups excluding carboxylic acids is 2. The van der Waals surface area contributed by atoms with E-state index in [2.05, 4.69) is 26.2 Å². The van der Waals surface area contributed by atoms with Gasteiger partial charge >= 0.3 is 12.0 Å². The summed E-state index contributed by atoms with van der Waals surface area (Å²) >= 11 is 1.40. The van der Waals surface area contributed by atoms with E-state index in [0.29, 0.717) is 28.2 Å². The summed E-state index contributed by atoms with van der Waals surface area (Å²) < 4.78 is 7.16. The van der Waals surface area contributed by atoms with E-state index in [0.717, 1.165) is 18.4 Å². The van der Waals surface area contributed by atoms with Gasteiger partial charge in [0.05, 0.1) is 24.3 Å². The molecule has 10 heteroatoms. The van der Waals surface area contributed by atoms with E-state index < -0.39 is 12.0 Å². The zero-order valence-corrected chi connectivity index (χ0v) is 17.5. The van der Waals surface area contributed by atoms with E-state index in [4.69, 9.17) is 4.74 Å². The largest absolute Gasteiger partial charge is 0.463 e. The summed E-state index contributed by atoms with van der Waals surface area (Å²) in [5, 5.41) is 18.4. The molecule has 1 aromatic heterocycles. The number of carbonyl (C=O) groups is 2. The number of tetrazole rings is 1. The lowest BCUT2D eigenvalue weighted by atomic mass is 9.95. The summed E-state index contributed by atoms with van der Waals surface area (Å²) in [7, 11) is 0. The van der Waals surface area contributed by atoms with E-state index in [1.807, 2.05) is 35.0 Å². The summed E-state index contributed by atoms with van der Waals surface area (Å²) in [6, 6.07) is 8.75. The lowest BCUT2D eigenvalue weighted by Crippen LogP contribution is -2.46. The first-order chi connectivity index (χ1) is 14.7. The lowest BCUT2D eigenvalue weighted by Gasteiger charge is -2.29. The van der Waals surface area contributed by atoms with Gasteiger partial charge in [0.1, 0.15) is 0 Å². The van der Waals surface area contributed by atoms with E-state index >= 15 is 0 Å². The lowest BCUT2D eigenvalue weighted by molar-refractivity contribution is -0.139. The highest BCUT2D eigenvalue weighted by Crippen LogP contribution is 2.33. The van der Waals surface area contributed by atoms with Crippen molar-refractivity contribution in [1.82, 2.24) is 30.8 Å². The zero-order valence-electron chi connectivity index (χ0n) is 16.7. The van der Waals surface area contributed by atoms with Gasteiger partial charge < -0.3 is 15.4 Å². The van der Waals surface area contributed by atoms with Gasteiger partial charge in [0.15, 0.2) is 0 Å². The molecule has 30 heavy (non-hydrogen) atoms. The second kappa shape index (κ2) is 9.29. The Morgan fingerprint density at radius 1 is 1.27 bits per heavy atom. The van der Waals surface area contributed by atoms with Crippen molar-refractivity contribution in [2.45, 2.75) is 49.8 Å². The van der Waals surface area contributed by atoms with Crippen LogP contribution in [0, 0.1) is 0 Å². The third kappa shape index (κ3) is 4.33. The number of hydrogen-bond donors (Lipinski definition) is 2. The molecule has 1 unspecified atom stereocenters. The van der Waals surface area contributed by atoms with E-state index in [9.17, 15) is 9.59 Å². The molecular weight excluding hydrogens is 404 g/mol. The third-order valence-electron chi connectivity index (χ3n) is 5.26. The first-order valence-electron chi connectivity index (χ1n) is 10.1. The SMILES string of the molecule is CCOC(=O)C1=C(CSc2nnnn2C2CCCC2)NC(=O)NC1c1ccccc1. The fourth-order valence-electron chi connectivity index (χ4n) is 3.87. The van der Waals surface area contributed by atoms with Crippen molar-refractivity contribution in [3.8, 4) is 0 Å². The van der Waals surface area contributed by atoms with Crippen LogP contribution in [-0.4, -0.2) is 44.6 Å². The standard InChI is InChI=1S/C20H24N6O3S/c1-2-29-18(27)16-15(21-19(28)22-17(16)13-8-4-3-5-9-13)12-30-20-23-24-25-26(20)14-10-6-7-11-14/h3-5,8-9,14,17H,2,6-7,10-12H2,1H3,(H2,21,22,28). The molecule has 2 amide bonds. The number of amides is 2. The van der Waals surface area contributed by atoms with Gasteiger partial charge in [-0.15, -0.1) is 5.10 Å². The minimum Gasteiger partial charge on any atom is -0.463 e. The second-order valence-corrected chi connectivity index (χ2v) is 8.13. The highest BCUT2D eigenvalue weighted by Gasteiger charge is 2.34. The van der Waals surface area contributed by atoms with Crippen LogP contribution in [0.4, 0.5) is 4.79 Å². The Bertz CT molecular complexity index is 939. The van der Waals surface area contributed by atoms with Gasteiger partial charge in [-0.25, -0.2) is 14.3 Å². The molecule has 1 fully saturated rings. The van der Waals surface area contributed by atoms with Crippen molar-refractivity contribution < 1.29 is 14.3 Å². The van der Waals surface area contributed by atoms with Crippen LogP contribution < -0.4 is 10.6 Å². The minimum atomic E-state index is -0.583. The summed E-state index contributed by atoms with van der Waals surface area (Å²) in [6.07, 6.45) is 4.47. The van der Waals surface area contributed by atoms with Gasteiger partial charge in [0.25, 0.3) is 0 Å². The zero-order chi connectivity index (χ0) is 20.9. The maximum Gasteiger partial charge on any atom is 0.338 e. The van der Waals surface area contributed by atoms with Gasteiger partial charge in [-0.3, -0.25) is 0 Å². The van der Waals surface area contributed by atoms with Gasteiger partial charge in [0, 0.05) is 11.4 Å². The van der Waals surface area contributed by atoms with Crippen LogP contribution in [0.2, 0.25) is 0 Å². The molecule has 1 atom stereocenters. The number of aromatic nitrogens is 4. The average Bonchev–Trinajstić information content (AvgIpc) is 3.44. The minimum absolute atomic E-state index is 0.248. The van der Waals surface area contributed by atoms with Crippen LogP contribution >= 0.6 is 11.8 Å². The predicted molar refractivity (Wildman–Crippen MR) is 111 cm³/mol. The molecule has 1 aliphatic heterocycles. The van der Waals surface area contributed by atoms with Crippen molar-refractivity contribution in [2.75, 3.05) is 12.4 Å². The molecule has 4 rings (SSSR count). The van der Waals surface area contributed by atoms with E-state index in [1.165, 1.54) is 24.6 Å². The van der Waals surface area contributed by atoms with E-state index in [1.54, 1.807) is 6.92 Å². The van der Waals surface area contributed by atoms with Gasteiger partial charge in [-0.2, -0.15) is 0 Å². The van der Waals surface area contributed by atoms with Crippen LogP contribution in [0.25, 0.3) is 0 Å². The topological polar surface area (TPSA) is 111 Å². The summed E-state index contributed by atoms with van der Waals surface area (Å²) in [6.45, 7) is 2.01. The number of urea groups is 1. The Labute approximate surface area is 178 Å². The maximum absolute atomic E-state index is 12.8. The molecule has 2 aliphatic rings. The highest BCUT2D eigenvalue weighted by molar-refractivity contribution is 7.99. The van der Waals surface area contributed by atoms with Crippen LogP contribution in [0.5, 0.6) is 0 Å². The Morgan fingerprint density at radius 2 is 2.03 bits per heavy atom. The van der Waals surface area contributed by atoms with Crippen molar-refractivity contribution in [2.24, 2.45) is 0 Å². The molecule has 1 aliphatic carbocycles. The van der Waals surface area contributed by atoms with Gasteiger partial charge in [-0.1, -0.05) is 54.9 Å². The van der Waals surface area contributed by atoms with Crippen molar-refractivity contribution in [3.05, 3.63) is 47.2 Å². The Kier molecular flexibility index (Phi) is 6.32. The van der Waals surface area contributed by atoms with Crippen molar-refractivity contribution in [1.29, 1.82) is 0 Å². The Morgan fingerprint density at radius 3 is 2.77 bits per heavy atom. The van der Waals surface area contributed by atoms with Crippen LogP contribution in [0.1, 0.15) is 50.3 Å². The number of hydrogen-bond acceptors (Lipinski definition) is 7. The highest BCUT2D eigenvalue weighted by atomic mass is 32.2. The molecule has 2 heterocycles. The smallest absolute Gasteiger partial charge is 0.338 e. The summed E-state index contributed by atoms with van der Waals surface area (Å²) in [5.41, 5.74) is 1.72. The van der Waals surface area contributed by atoms with Crippen LogP contribution in [0.3, 0.4) is 0 Å². The molecule has 2 aromatic rings. The third-order valence-corrected chi connectivity index (χ3v) is 6.22. The molecular formula is C20H24N6O3S. The number of thioether (sulfide) groups is 1. The first-order valence-corrected chi connectivity index (χ1v) is 11.1. The quantitative estimate of drug-likeness (QED) is 0.515. The summed E-state index contributed by atoms with van der Waals surface area (Å²) in [5.74, 6) is -0.109. The van der Waals surface area contributed by atoms with E-state index in [-0.39, 0.29) is 12.6 Å². The maximum atomic E-state index is 12.8. The molecule has 0 saturated heterocycles. The first kappa shape index (κ1) is 20.4. The normalized spacial score (nSPS) is 19.5. The fraction of sp³-hybridized carbons (Fsp3) is 0.450. The number of nitrogens with one attached hydrogen (secondary N) is 2. The molecule has 158 valence electrons. The number of ether oxygens (including phenoxy) is 1. The Balaban J connectivity index is 1.63. The number of esters is 1. The number of rotatable bonds is 7. The molecule has 2 N–H and O–H groups in total. The van der Waals surface area contributed by atoms with Gasteiger partial charge in [-0.05, 0) is 35.8 Å². The molecule has 1 aromatic carbocycles. The Hall–Kier alpha value is -2.88. The molecule has 0 spiro atoms. The average molecular weight is 429 g/mol. The van der Waals surface area contributed by atoms with Crippen LogP contribution in [-0.2, 0) is 9.53 Å². The fourth-order valence-corrected chi connectivity index (χ4v) is 4.79. The summed E-state index contributed by atoms with van der Waals surface area (Å²) in [4.78, 5) is 25.2. The number of benzene rings is 1. The number of nitrogens with zero attached hydrogens (tertiary/aromatic N) is 4. The second-order valence-electron chi connectivity index (χ2n) is 7.19.